The van der Waals surface area contributed by atoms with Gasteiger partial charge in [-0.2, -0.15) is 4.98 Å². The highest BCUT2D eigenvalue weighted by molar-refractivity contribution is 6.31. The number of benzene rings is 1. The molecule has 15 heavy (non-hydrogen) atoms. The molecule has 0 radical (unpaired) electrons. The monoisotopic (exact) mass is 222 g/mol. The fourth-order valence-corrected chi connectivity index (χ4v) is 1.57. The minimum absolute atomic E-state index is 0.149. The number of halogens is 1. The maximum absolute atomic E-state index is 11.3. The van der Waals surface area contributed by atoms with Crippen molar-refractivity contribution in [3.8, 4) is 0 Å². The van der Waals surface area contributed by atoms with Crippen molar-refractivity contribution in [2.45, 2.75) is 6.92 Å². The molecular weight excluding hydrogens is 216 g/mol. The molecule has 0 atom stereocenters. The Morgan fingerprint density at radius 1 is 1.47 bits per heavy atom. The minimum Gasteiger partial charge on any atom is -0.305 e. The fraction of sp³-hybridized carbons (Fsp3) is 0.100. The maximum atomic E-state index is 11.3. The number of aromatic amines is 1. The van der Waals surface area contributed by atoms with E-state index in [0.717, 1.165) is 0 Å². The molecule has 0 saturated heterocycles. The van der Waals surface area contributed by atoms with Crippen LogP contribution >= 0.6 is 11.6 Å². The van der Waals surface area contributed by atoms with Crippen LogP contribution in [-0.4, -0.2) is 15.8 Å². The van der Waals surface area contributed by atoms with Gasteiger partial charge in [0.05, 0.1) is 5.52 Å². The topological polar surface area (TPSA) is 62.8 Å². The Morgan fingerprint density at radius 3 is 2.87 bits per heavy atom. The molecule has 2 aromatic rings. The first-order chi connectivity index (χ1) is 7.08. The van der Waals surface area contributed by atoms with Crippen molar-refractivity contribution in [1.29, 1.82) is 0 Å². The molecule has 0 aliphatic rings. The van der Waals surface area contributed by atoms with Crippen LogP contribution in [0.1, 0.15) is 17.4 Å². The summed E-state index contributed by atoms with van der Waals surface area (Å²) in [6.45, 7) is 1.36. The van der Waals surface area contributed by atoms with E-state index in [0.29, 0.717) is 15.9 Å². The van der Waals surface area contributed by atoms with E-state index in [2.05, 4.69) is 9.97 Å². The van der Waals surface area contributed by atoms with Crippen molar-refractivity contribution in [2.75, 3.05) is 0 Å². The molecule has 4 nitrogen and oxygen atoms in total. The predicted molar refractivity (Wildman–Crippen MR) is 57.4 cm³/mol. The van der Waals surface area contributed by atoms with Crippen LogP contribution in [0.5, 0.6) is 0 Å². The van der Waals surface area contributed by atoms with Gasteiger partial charge in [0, 0.05) is 17.3 Å². The lowest BCUT2D eigenvalue weighted by Crippen LogP contribution is -2.15. The zero-order valence-corrected chi connectivity index (χ0v) is 8.63. The van der Waals surface area contributed by atoms with Gasteiger partial charge in [-0.15, -0.1) is 0 Å². The van der Waals surface area contributed by atoms with Crippen molar-refractivity contribution >= 4 is 28.3 Å². The van der Waals surface area contributed by atoms with Crippen molar-refractivity contribution in [3.05, 3.63) is 39.4 Å². The molecule has 1 aromatic carbocycles. The molecular formula is C10H7ClN2O2. The molecule has 0 bridgehead atoms. The molecule has 0 aliphatic heterocycles. The van der Waals surface area contributed by atoms with Crippen LogP contribution in [0.25, 0.3) is 10.9 Å². The standard InChI is InChI=1S/C10H7ClN2O2/c1-5(14)9-7-4-6(11)2-3-8(7)12-10(15)13-9/h2-4H,1H3,(H,12,13,15). The van der Waals surface area contributed by atoms with Gasteiger partial charge in [-0.3, -0.25) is 4.79 Å². The van der Waals surface area contributed by atoms with E-state index in [9.17, 15) is 9.59 Å². The van der Waals surface area contributed by atoms with E-state index in [1.807, 2.05) is 0 Å². The quantitative estimate of drug-likeness (QED) is 0.748. The fourth-order valence-electron chi connectivity index (χ4n) is 1.39. The maximum Gasteiger partial charge on any atom is 0.346 e. The third kappa shape index (κ3) is 1.76. The molecule has 1 aromatic heterocycles. The Kier molecular flexibility index (Phi) is 2.28. The van der Waals surface area contributed by atoms with E-state index in [1.165, 1.54) is 6.92 Å². The molecule has 76 valence electrons. The van der Waals surface area contributed by atoms with Crippen LogP contribution in [0.2, 0.25) is 5.02 Å². The summed E-state index contributed by atoms with van der Waals surface area (Å²) in [5.74, 6) is -0.256. The lowest BCUT2D eigenvalue weighted by atomic mass is 10.1. The van der Waals surface area contributed by atoms with Gasteiger partial charge in [0.1, 0.15) is 5.69 Å². The number of carbonyl (C=O) groups excluding carboxylic acids is 1. The number of aromatic nitrogens is 2. The number of H-pyrrole nitrogens is 1. The second kappa shape index (κ2) is 3.47. The molecule has 0 amide bonds. The van der Waals surface area contributed by atoms with Crippen molar-refractivity contribution in [1.82, 2.24) is 9.97 Å². The number of carbonyl (C=O) groups is 1. The number of ketones is 1. The van der Waals surface area contributed by atoms with Gasteiger partial charge in [-0.1, -0.05) is 11.6 Å². The van der Waals surface area contributed by atoms with Gasteiger partial charge >= 0.3 is 5.69 Å². The molecule has 1 N–H and O–H groups in total. The second-order valence-electron chi connectivity index (χ2n) is 3.14. The zero-order valence-electron chi connectivity index (χ0n) is 7.87. The Bertz CT molecular complexity index is 604. The minimum atomic E-state index is -0.532. The van der Waals surface area contributed by atoms with Crippen LogP contribution in [0.4, 0.5) is 0 Å². The van der Waals surface area contributed by atoms with E-state index in [-0.39, 0.29) is 11.5 Å². The van der Waals surface area contributed by atoms with Gasteiger partial charge in [0.25, 0.3) is 0 Å². The summed E-state index contributed by atoms with van der Waals surface area (Å²) in [6, 6.07) is 4.90. The van der Waals surface area contributed by atoms with Gasteiger partial charge in [0.15, 0.2) is 5.78 Å². The van der Waals surface area contributed by atoms with Crippen LogP contribution in [0.15, 0.2) is 23.0 Å². The average molecular weight is 223 g/mol. The first kappa shape index (κ1) is 9.86. The molecule has 0 fully saturated rings. The van der Waals surface area contributed by atoms with Crippen molar-refractivity contribution in [3.63, 3.8) is 0 Å². The highest BCUT2D eigenvalue weighted by Crippen LogP contribution is 2.18. The number of Topliss-reactive ketones (excluding diaryl/α,β-unsaturated/α-hetero) is 1. The molecule has 0 spiro atoms. The molecule has 0 aliphatic carbocycles. The highest BCUT2D eigenvalue weighted by atomic mass is 35.5. The van der Waals surface area contributed by atoms with Crippen LogP contribution < -0.4 is 5.69 Å². The highest BCUT2D eigenvalue weighted by Gasteiger charge is 2.09. The Morgan fingerprint density at radius 2 is 2.20 bits per heavy atom. The van der Waals surface area contributed by atoms with E-state index in [4.69, 9.17) is 11.6 Å². The molecule has 5 heteroatoms. The third-order valence-electron chi connectivity index (χ3n) is 2.03. The second-order valence-corrected chi connectivity index (χ2v) is 3.57. The lowest BCUT2D eigenvalue weighted by Gasteiger charge is -2.01. The van der Waals surface area contributed by atoms with Crippen molar-refractivity contribution in [2.24, 2.45) is 0 Å². The van der Waals surface area contributed by atoms with Gasteiger partial charge in [-0.05, 0) is 18.2 Å². The Labute approximate surface area is 89.9 Å². The predicted octanol–water partition coefficient (Wildman–Crippen LogP) is 1.78. The Balaban J connectivity index is 2.94. The zero-order chi connectivity index (χ0) is 11.0. The number of nitrogens with zero attached hydrogens (tertiary/aromatic N) is 1. The SMILES string of the molecule is CC(=O)c1nc(=O)[nH]c2ccc(Cl)cc12. The van der Waals surface area contributed by atoms with Gasteiger partial charge < -0.3 is 4.98 Å². The lowest BCUT2D eigenvalue weighted by molar-refractivity contribution is 0.101. The summed E-state index contributed by atoms with van der Waals surface area (Å²) < 4.78 is 0. The average Bonchev–Trinajstić information content (AvgIpc) is 2.17. The largest absolute Gasteiger partial charge is 0.346 e. The summed E-state index contributed by atoms with van der Waals surface area (Å²) in [4.78, 5) is 28.6. The van der Waals surface area contributed by atoms with E-state index < -0.39 is 5.69 Å². The molecule has 0 unspecified atom stereocenters. The summed E-state index contributed by atoms with van der Waals surface area (Å²) in [7, 11) is 0. The van der Waals surface area contributed by atoms with Crippen LogP contribution in [-0.2, 0) is 0 Å². The van der Waals surface area contributed by atoms with Crippen LogP contribution in [0.3, 0.4) is 0 Å². The van der Waals surface area contributed by atoms with Crippen LogP contribution in [0, 0.1) is 0 Å². The molecule has 0 saturated carbocycles. The first-order valence-electron chi connectivity index (χ1n) is 4.28. The molecule has 1 heterocycles. The third-order valence-corrected chi connectivity index (χ3v) is 2.26. The Hall–Kier alpha value is -1.68. The number of fused-ring (bicyclic) bond motifs is 1. The van der Waals surface area contributed by atoms with Gasteiger partial charge in [-0.25, -0.2) is 4.79 Å². The number of hydrogen-bond acceptors (Lipinski definition) is 3. The summed E-state index contributed by atoms with van der Waals surface area (Å²) in [6.07, 6.45) is 0. The van der Waals surface area contributed by atoms with E-state index in [1.54, 1.807) is 18.2 Å². The molecule has 2 rings (SSSR count). The summed E-state index contributed by atoms with van der Waals surface area (Å²) in [5, 5.41) is 1.06. The smallest absolute Gasteiger partial charge is 0.305 e. The van der Waals surface area contributed by atoms with Crippen molar-refractivity contribution < 1.29 is 4.79 Å². The summed E-state index contributed by atoms with van der Waals surface area (Å²) >= 11 is 5.80. The number of rotatable bonds is 1. The number of hydrogen-bond donors (Lipinski definition) is 1. The first-order valence-corrected chi connectivity index (χ1v) is 4.66. The van der Waals surface area contributed by atoms with Gasteiger partial charge in [0.2, 0.25) is 0 Å². The summed E-state index contributed by atoms with van der Waals surface area (Å²) in [5.41, 5.74) is 0.177. The van der Waals surface area contributed by atoms with E-state index >= 15 is 0 Å². The normalized spacial score (nSPS) is 10.5. The number of nitrogens with one attached hydrogen (secondary N) is 1.